The molecule has 0 nitrogen and oxygen atoms in total. The van der Waals surface area contributed by atoms with E-state index in [1.807, 2.05) is 0 Å². The van der Waals surface area contributed by atoms with Gasteiger partial charge in [0.15, 0.2) is 0 Å². The minimum absolute atomic E-state index is 0. The van der Waals surface area contributed by atoms with Gasteiger partial charge in [0.1, 0.15) is 0 Å². The van der Waals surface area contributed by atoms with Crippen molar-refractivity contribution >= 4 is 16.3 Å². The summed E-state index contributed by atoms with van der Waals surface area (Å²) in [7, 11) is 0. The van der Waals surface area contributed by atoms with Gasteiger partial charge < -0.3 is 24.8 Å². The Morgan fingerprint density at radius 3 is 1.21 bits per heavy atom. The van der Waals surface area contributed by atoms with Gasteiger partial charge >= 0.3 is 227 Å². The molecule has 4 heteroatoms. The van der Waals surface area contributed by atoms with Crippen LogP contribution in [0, 0.1) is 0 Å². The summed E-state index contributed by atoms with van der Waals surface area (Å²) in [5, 5.41) is 3.21. The van der Waals surface area contributed by atoms with Gasteiger partial charge in [-0.1, -0.05) is 0 Å². The summed E-state index contributed by atoms with van der Waals surface area (Å²) < 4.78 is 1.56. The Hall–Kier alpha value is -2.48. The van der Waals surface area contributed by atoms with Crippen LogP contribution in [0.3, 0.4) is 0 Å². The summed E-state index contributed by atoms with van der Waals surface area (Å²) in [6.45, 7) is 0. The number of hydrogen-bond donors (Lipinski definition) is 0. The summed E-state index contributed by atoms with van der Waals surface area (Å²) >= 11 is -3.48. The van der Waals surface area contributed by atoms with Crippen molar-refractivity contribution in [2.75, 3.05) is 0 Å². The molecule has 0 spiro atoms. The maximum Gasteiger partial charge on any atom is -1.00 e. The molecule has 0 unspecified atom stereocenters. The third kappa shape index (κ3) is 4.56. The maximum atomic E-state index is 2.57. The zero-order chi connectivity index (χ0) is 24.7. The predicted octanol–water partition coefficient (Wildman–Crippen LogP) is 1.29. The normalized spacial score (nSPS) is 15.8. The molecule has 4 aromatic carbocycles. The average Bonchev–Trinajstić information content (AvgIpc) is 3.75. The first-order valence-corrected chi connectivity index (χ1v) is 23.6. The Kier molecular flexibility index (Phi) is 8.60. The fraction of sp³-hybridized carbons (Fsp3) is 0.0857. The summed E-state index contributed by atoms with van der Waals surface area (Å²) in [5.74, 6) is -1.67. The predicted molar refractivity (Wildman–Crippen MR) is 157 cm³/mol. The van der Waals surface area contributed by atoms with Crippen LogP contribution < -0.4 is 35.2 Å². The van der Waals surface area contributed by atoms with Crippen LogP contribution in [0.1, 0.15) is 14.8 Å². The van der Waals surface area contributed by atoms with Crippen molar-refractivity contribution in [3.63, 3.8) is 0 Å². The van der Waals surface area contributed by atoms with Crippen LogP contribution in [0.15, 0.2) is 158 Å². The zero-order valence-corrected chi connectivity index (χ0v) is 26.7. The van der Waals surface area contributed by atoms with E-state index in [9.17, 15) is 0 Å². The molecule has 7 rings (SSSR count). The molecule has 0 fully saturated rings. The van der Waals surface area contributed by atoms with Crippen molar-refractivity contribution in [3.05, 3.63) is 169 Å². The molecular formula is C35H30Cl2SiZr-2. The van der Waals surface area contributed by atoms with E-state index >= 15 is 0 Å². The van der Waals surface area contributed by atoms with Crippen LogP contribution >= 0.6 is 0 Å². The number of halogens is 2. The van der Waals surface area contributed by atoms with Crippen LogP contribution in [0.2, 0.25) is 7.25 Å². The minimum Gasteiger partial charge on any atom is -1.00 e. The van der Waals surface area contributed by atoms with Gasteiger partial charge in [-0.05, 0) is 0 Å². The fourth-order valence-corrected chi connectivity index (χ4v) is 46.8. The third-order valence-electron chi connectivity index (χ3n) is 8.75. The van der Waals surface area contributed by atoms with Crippen molar-refractivity contribution in [1.82, 2.24) is 0 Å². The molecule has 0 N–H and O–H groups in total. The molecule has 0 aromatic heterocycles. The van der Waals surface area contributed by atoms with Crippen molar-refractivity contribution in [3.8, 4) is 11.1 Å². The number of rotatable bonds is 6. The Morgan fingerprint density at radius 2 is 0.795 bits per heavy atom. The van der Waals surface area contributed by atoms with Crippen LogP contribution in [0.4, 0.5) is 0 Å². The van der Waals surface area contributed by atoms with Crippen molar-refractivity contribution < 1.29 is 44.2 Å². The molecule has 0 aliphatic heterocycles. The second-order valence-corrected chi connectivity index (χ2v) is 32.4. The van der Waals surface area contributed by atoms with Gasteiger partial charge in [-0.2, -0.15) is 0 Å². The smallest absolute Gasteiger partial charge is 1.00 e. The maximum absolute atomic E-state index is 3.48. The molecule has 0 bridgehead atoms. The molecule has 3 aliphatic rings. The molecule has 4 aromatic rings. The van der Waals surface area contributed by atoms with E-state index in [1.54, 1.807) is 21.5 Å². The molecule has 0 saturated carbocycles. The second kappa shape index (κ2) is 11.9. The molecule has 0 radical (unpaired) electrons. The first kappa shape index (κ1) is 28.1. The number of benzene rings is 4. The average molecular weight is 641 g/mol. The molecule has 3 aliphatic carbocycles. The summed E-state index contributed by atoms with van der Waals surface area (Å²) in [6.07, 6.45) is 19.6. The van der Waals surface area contributed by atoms with Crippen LogP contribution in [0.5, 0.6) is 0 Å². The van der Waals surface area contributed by atoms with Gasteiger partial charge in [-0.15, -0.1) is 0 Å². The molecular weight excluding hydrogens is 611 g/mol. The number of allylic oxidation sites excluding steroid dienone is 8. The minimum atomic E-state index is -3.48. The van der Waals surface area contributed by atoms with E-state index in [-0.39, 0.29) is 24.8 Å². The van der Waals surface area contributed by atoms with E-state index in [0.717, 1.165) is 0 Å². The third-order valence-corrected chi connectivity index (χ3v) is 42.2. The Morgan fingerprint density at radius 1 is 0.436 bits per heavy atom. The van der Waals surface area contributed by atoms with Gasteiger partial charge in [-0.3, -0.25) is 0 Å². The Balaban J connectivity index is 0.00000154. The van der Waals surface area contributed by atoms with E-state index < -0.39 is 25.4 Å². The molecule has 0 saturated heterocycles. The Labute approximate surface area is 249 Å². The SMILES string of the molecule is C1=C[CH]([Zr]([CH]2C=CC=C2)([CH]2c3ccccc3-c3ccccc32)[SiH](c2ccccc2)c2ccccc2)C=C1.[Cl-].[Cl-]. The second-order valence-electron chi connectivity index (χ2n) is 10.5. The molecule has 0 amide bonds. The largest absolute Gasteiger partial charge is 1.00 e. The molecule has 39 heavy (non-hydrogen) atoms. The zero-order valence-electron chi connectivity index (χ0n) is 21.6. The first-order valence-electron chi connectivity index (χ1n) is 13.4. The van der Waals surface area contributed by atoms with Crippen LogP contribution in [-0.2, 0) is 19.4 Å². The monoisotopic (exact) mass is 638 g/mol. The number of fused-ring (bicyclic) bond motifs is 3. The van der Waals surface area contributed by atoms with Gasteiger partial charge in [0.2, 0.25) is 0 Å². The topological polar surface area (TPSA) is 0 Å². The van der Waals surface area contributed by atoms with Crippen LogP contribution in [-0.4, -0.2) is 5.92 Å². The van der Waals surface area contributed by atoms with E-state index in [0.29, 0.717) is 10.9 Å². The van der Waals surface area contributed by atoms with Crippen molar-refractivity contribution in [2.24, 2.45) is 0 Å². The van der Waals surface area contributed by atoms with Gasteiger partial charge in [-0.25, -0.2) is 0 Å². The summed E-state index contributed by atoms with van der Waals surface area (Å²) in [5.41, 5.74) is 6.06. The molecule has 0 heterocycles. The molecule has 0 atom stereocenters. The first-order chi connectivity index (χ1) is 18.4. The standard InChI is InChI=1S/C13H9.C12H11Si.2C5H5.2ClH.Zr/c1-3-7-12-10(5-1)9-11-6-2-4-8-13(11)12;1-3-7-11(8-4-1)13-12-9-5-2-6-10-12;2*1-2-4-5-3-1;;;/h1-9H;1-10,13H;2*1-5H;2*1H;/p-2. The van der Waals surface area contributed by atoms with Gasteiger partial charge in [0.25, 0.3) is 0 Å². The Bertz CT molecular complexity index is 1420. The van der Waals surface area contributed by atoms with Crippen molar-refractivity contribution in [2.45, 2.75) is 10.9 Å². The van der Waals surface area contributed by atoms with Gasteiger partial charge in [0, 0.05) is 0 Å². The van der Waals surface area contributed by atoms with Gasteiger partial charge in [0.05, 0.1) is 0 Å². The molecule has 194 valence electrons. The van der Waals surface area contributed by atoms with Crippen LogP contribution in [0.25, 0.3) is 11.1 Å². The van der Waals surface area contributed by atoms with E-state index in [4.69, 9.17) is 0 Å². The fourth-order valence-electron chi connectivity index (χ4n) is 7.44. The van der Waals surface area contributed by atoms with E-state index in [1.165, 1.54) is 11.1 Å². The summed E-state index contributed by atoms with van der Waals surface area (Å²) in [4.78, 5) is 0. The number of hydrogen-bond acceptors (Lipinski definition) is 0. The quantitative estimate of drug-likeness (QED) is 0.279. The summed E-state index contributed by atoms with van der Waals surface area (Å²) in [6, 6.07) is 41.9. The van der Waals surface area contributed by atoms with Crippen molar-refractivity contribution in [1.29, 1.82) is 0 Å². The van der Waals surface area contributed by atoms with E-state index in [2.05, 4.69) is 158 Å².